The first-order valence-electron chi connectivity index (χ1n) is 7.73. The van der Waals surface area contributed by atoms with E-state index in [0.29, 0.717) is 0 Å². The molecule has 2 heterocycles. The van der Waals surface area contributed by atoms with Gasteiger partial charge in [0.1, 0.15) is 6.67 Å². The Morgan fingerprint density at radius 1 is 1.22 bits per heavy atom. The lowest BCUT2D eigenvalue weighted by Crippen LogP contribution is -2.58. The van der Waals surface area contributed by atoms with Crippen molar-refractivity contribution in [2.24, 2.45) is 0 Å². The number of hydrogen-bond donors (Lipinski definition) is 0. The second-order valence-electron chi connectivity index (χ2n) is 6.12. The molecular weight excluding hydrogens is 376 g/mol. The van der Waals surface area contributed by atoms with E-state index in [-0.39, 0.29) is 16.8 Å². The Morgan fingerprint density at radius 3 is 2.52 bits per heavy atom. The fourth-order valence-electron chi connectivity index (χ4n) is 2.57. The highest BCUT2D eigenvalue weighted by Gasteiger charge is 2.45. The van der Waals surface area contributed by atoms with Crippen LogP contribution in [0.5, 0.6) is 0 Å². The van der Waals surface area contributed by atoms with Gasteiger partial charge in [0.15, 0.2) is 0 Å². The lowest BCUT2D eigenvalue weighted by Gasteiger charge is -2.37. The van der Waals surface area contributed by atoms with Crippen LogP contribution in [0, 0.1) is 0 Å². The smallest absolute Gasteiger partial charge is 0.327 e. The van der Waals surface area contributed by atoms with Crippen molar-refractivity contribution in [3.8, 4) is 11.3 Å². The summed E-state index contributed by atoms with van der Waals surface area (Å²) in [4.78, 5) is 16.6. The van der Waals surface area contributed by atoms with E-state index >= 15 is 0 Å². The van der Waals surface area contributed by atoms with Gasteiger partial charge in [-0.05, 0) is 23.8 Å². The summed E-state index contributed by atoms with van der Waals surface area (Å²) in [5.41, 5.74) is -0.924. The highest BCUT2D eigenvalue weighted by molar-refractivity contribution is 5.91. The van der Waals surface area contributed by atoms with Gasteiger partial charge in [0.05, 0.1) is 30.7 Å². The van der Waals surface area contributed by atoms with Crippen LogP contribution in [0.3, 0.4) is 0 Å². The molecule has 0 spiro atoms. The molecule has 27 heavy (non-hydrogen) atoms. The van der Waals surface area contributed by atoms with Gasteiger partial charge in [-0.1, -0.05) is 0 Å². The van der Waals surface area contributed by atoms with Crippen molar-refractivity contribution in [2.45, 2.75) is 18.8 Å². The molecule has 0 radical (unpaired) electrons. The fourth-order valence-corrected chi connectivity index (χ4v) is 2.57. The molecule has 1 aromatic heterocycles. The monoisotopic (exact) mass is 389 g/mol. The number of hydrogen-bond acceptors (Lipinski definition) is 2. The SMILES string of the molecule is O=C(/C=C\n1cnc(-c2cc(CF)cc(C(F)(F)F)c2)c1)N1CC(F)(F)C1. The summed E-state index contributed by atoms with van der Waals surface area (Å²) >= 11 is 0. The highest BCUT2D eigenvalue weighted by Crippen LogP contribution is 2.33. The highest BCUT2D eigenvalue weighted by atomic mass is 19.4. The number of halogens is 6. The van der Waals surface area contributed by atoms with Crippen LogP contribution in [0.2, 0.25) is 0 Å². The van der Waals surface area contributed by atoms with Crippen LogP contribution in [0.4, 0.5) is 26.3 Å². The Hall–Kier alpha value is -2.78. The average Bonchev–Trinajstić information content (AvgIpc) is 3.05. The molecule has 0 aliphatic carbocycles. The van der Waals surface area contributed by atoms with Crippen LogP contribution in [0.25, 0.3) is 17.5 Å². The number of benzene rings is 1. The van der Waals surface area contributed by atoms with Crippen LogP contribution < -0.4 is 0 Å². The molecule has 144 valence electrons. The molecule has 1 aromatic carbocycles. The molecule has 2 aromatic rings. The summed E-state index contributed by atoms with van der Waals surface area (Å²) in [6.45, 7) is -2.37. The Balaban J connectivity index is 1.78. The minimum absolute atomic E-state index is 0.0679. The van der Waals surface area contributed by atoms with E-state index < -0.39 is 43.3 Å². The van der Waals surface area contributed by atoms with Crippen molar-refractivity contribution in [2.75, 3.05) is 13.1 Å². The van der Waals surface area contributed by atoms with Crippen molar-refractivity contribution in [1.29, 1.82) is 0 Å². The number of carbonyl (C=O) groups excluding carboxylic acids is 1. The summed E-state index contributed by atoms with van der Waals surface area (Å²) in [5.74, 6) is -3.49. The predicted octanol–water partition coefficient (Wildman–Crippen LogP) is 3.99. The number of rotatable bonds is 4. The first kappa shape index (κ1) is 19.0. The average molecular weight is 389 g/mol. The summed E-state index contributed by atoms with van der Waals surface area (Å²) in [7, 11) is 0. The number of likely N-dealkylation sites (tertiary alicyclic amines) is 1. The van der Waals surface area contributed by atoms with Crippen molar-refractivity contribution >= 4 is 12.1 Å². The van der Waals surface area contributed by atoms with Gasteiger partial charge in [0, 0.05) is 24.0 Å². The van der Waals surface area contributed by atoms with E-state index in [2.05, 4.69) is 4.98 Å². The lowest BCUT2D eigenvalue weighted by atomic mass is 10.0. The van der Waals surface area contributed by atoms with Gasteiger partial charge in [-0.2, -0.15) is 13.2 Å². The molecule has 3 rings (SSSR count). The molecule has 1 amide bonds. The van der Waals surface area contributed by atoms with Gasteiger partial charge >= 0.3 is 6.18 Å². The number of carbonyl (C=O) groups is 1. The first-order chi connectivity index (χ1) is 12.6. The third kappa shape index (κ3) is 4.32. The first-order valence-corrected chi connectivity index (χ1v) is 7.73. The predicted molar refractivity (Wildman–Crippen MR) is 84.3 cm³/mol. The van der Waals surface area contributed by atoms with Gasteiger partial charge in [-0.25, -0.2) is 18.2 Å². The quantitative estimate of drug-likeness (QED) is 0.586. The molecule has 0 unspecified atom stereocenters. The Morgan fingerprint density at radius 2 is 1.93 bits per heavy atom. The molecule has 1 aliphatic rings. The maximum Gasteiger partial charge on any atom is 0.416 e. The third-order valence-corrected chi connectivity index (χ3v) is 3.92. The standard InChI is InChI=1S/C17H13F6N3O/c18-6-11-3-12(5-13(4-11)17(21,22)23)14-7-25(10-24-14)2-1-15(27)26-8-16(19,20)9-26/h1-5,7,10H,6,8-9H2/b2-1-. The van der Waals surface area contributed by atoms with E-state index in [1.807, 2.05) is 0 Å². The van der Waals surface area contributed by atoms with Crippen molar-refractivity contribution < 1.29 is 31.1 Å². The van der Waals surface area contributed by atoms with Gasteiger partial charge in [-0.15, -0.1) is 0 Å². The van der Waals surface area contributed by atoms with Crippen LogP contribution in [0.1, 0.15) is 11.1 Å². The molecule has 1 saturated heterocycles. The van der Waals surface area contributed by atoms with Crippen LogP contribution >= 0.6 is 0 Å². The molecule has 1 aliphatic heterocycles. The van der Waals surface area contributed by atoms with Gasteiger partial charge in [0.2, 0.25) is 5.91 Å². The van der Waals surface area contributed by atoms with Gasteiger partial charge < -0.3 is 9.47 Å². The zero-order valence-corrected chi connectivity index (χ0v) is 13.7. The number of alkyl halides is 6. The molecular formula is C17H13F6N3O. The Bertz CT molecular complexity index is 879. The summed E-state index contributed by atoms with van der Waals surface area (Å²) in [6.07, 6.45) is 0.248. The minimum atomic E-state index is -4.63. The second-order valence-corrected chi connectivity index (χ2v) is 6.12. The summed E-state index contributed by atoms with van der Waals surface area (Å²) in [5, 5.41) is 0. The van der Waals surface area contributed by atoms with E-state index in [0.717, 1.165) is 23.1 Å². The molecule has 10 heteroatoms. The zero-order chi connectivity index (χ0) is 19.8. The number of imidazole rings is 1. The van der Waals surface area contributed by atoms with Gasteiger partial charge in [0.25, 0.3) is 5.92 Å². The van der Waals surface area contributed by atoms with E-state index in [9.17, 15) is 31.1 Å². The molecule has 0 N–H and O–H groups in total. The lowest BCUT2D eigenvalue weighted by molar-refractivity contribution is -0.160. The second kappa shape index (κ2) is 6.75. The molecule has 0 saturated carbocycles. The van der Waals surface area contributed by atoms with Crippen LogP contribution in [-0.2, 0) is 17.6 Å². The van der Waals surface area contributed by atoms with Crippen molar-refractivity contribution in [3.05, 3.63) is 47.9 Å². The molecule has 1 fully saturated rings. The van der Waals surface area contributed by atoms with Crippen LogP contribution in [0.15, 0.2) is 36.8 Å². The number of aromatic nitrogens is 2. The molecule has 4 nitrogen and oxygen atoms in total. The minimum Gasteiger partial charge on any atom is -0.327 e. The normalized spacial score (nSPS) is 16.6. The van der Waals surface area contributed by atoms with Gasteiger partial charge in [-0.3, -0.25) is 4.79 Å². The molecule has 0 bridgehead atoms. The maximum absolute atomic E-state index is 12.9. The largest absolute Gasteiger partial charge is 0.416 e. The number of nitrogens with zero attached hydrogens (tertiary/aromatic N) is 3. The van der Waals surface area contributed by atoms with E-state index in [4.69, 9.17) is 0 Å². The Labute approximate surface area is 149 Å². The van der Waals surface area contributed by atoms with E-state index in [1.165, 1.54) is 29.4 Å². The van der Waals surface area contributed by atoms with Crippen LogP contribution in [-0.4, -0.2) is 39.4 Å². The Kier molecular flexibility index (Phi) is 4.75. The third-order valence-electron chi connectivity index (χ3n) is 3.92. The summed E-state index contributed by atoms with van der Waals surface area (Å²) in [6, 6.07) is 2.82. The van der Waals surface area contributed by atoms with Crippen molar-refractivity contribution in [3.63, 3.8) is 0 Å². The van der Waals surface area contributed by atoms with E-state index in [1.54, 1.807) is 0 Å². The topological polar surface area (TPSA) is 38.1 Å². The molecule has 0 atom stereocenters. The number of amides is 1. The zero-order valence-electron chi connectivity index (χ0n) is 13.7. The summed E-state index contributed by atoms with van der Waals surface area (Å²) < 4.78 is 78.4. The van der Waals surface area contributed by atoms with Crippen molar-refractivity contribution in [1.82, 2.24) is 14.5 Å². The maximum atomic E-state index is 12.9. The fraction of sp³-hybridized carbons (Fsp3) is 0.294.